The highest BCUT2D eigenvalue weighted by Crippen LogP contribution is 2.31. The summed E-state index contributed by atoms with van der Waals surface area (Å²) in [5, 5.41) is 7.02. The highest BCUT2D eigenvalue weighted by Gasteiger charge is 2.37. The number of carbonyl (C=O) groups excluding carboxylic acids is 1. The molecule has 7 nitrogen and oxygen atoms in total. The first-order valence-corrected chi connectivity index (χ1v) is 9.27. The van der Waals surface area contributed by atoms with E-state index in [4.69, 9.17) is 4.52 Å². The van der Waals surface area contributed by atoms with Crippen molar-refractivity contribution in [3.05, 3.63) is 54.4 Å². The topological polar surface area (TPSA) is 96.7 Å². The summed E-state index contributed by atoms with van der Waals surface area (Å²) in [4.78, 5) is 24.0. The zero-order valence-corrected chi connectivity index (χ0v) is 15.4. The first-order chi connectivity index (χ1) is 13.6. The van der Waals surface area contributed by atoms with Crippen LogP contribution >= 0.6 is 0 Å². The molecule has 3 heterocycles. The van der Waals surface area contributed by atoms with Crippen molar-refractivity contribution in [1.82, 2.24) is 25.4 Å². The smallest absolute Gasteiger partial charge is 0.234 e. The second-order valence-electron chi connectivity index (χ2n) is 7.44. The van der Waals surface area contributed by atoms with Gasteiger partial charge in [-0.2, -0.15) is 4.98 Å². The third-order valence-corrected chi connectivity index (χ3v) is 5.33. The maximum Gasteiger partial charge on any atom is 0.234 e. The average Bonchev–Trinajstić information content (AvgIpc) is 3.38. The van der Waals surface area contributed by atoms with Crippen molar-refractivity contribution in [3.8, 4) is 22.8 Å². The third kappa shape index (κ3) is 2.85. The van der Waals surface area contributed by atoms with Gasteiger partial charge < -0.3 is 14.8 Å². The Bertz CT molecular complexity index is 1120. The molecule has 1 aliphatic rings. The number of piperidine rings is 1. The van der Waals surface area contributed by atoms with Crippen LogP contribution in [-0.4, -0.2) is 32.6 Å². The Morgan fingerprint density at radius 2 is 1.82 bits per heavy atom. The molecule has 2 aromatic carbocycles. The van der Waals surface area contributed by atoms with Crippen LogP contribution in [0.2, 0.25) is 0 Å². The average molecular weight is 373 g/mol. The lowest BCUT2D eigenvalue weighted by molar-refractivity contribution is -0.123. The summed E-state index contributed by atoms with van der Waals surface area (Å²) in [7, 11) is 0. The van der Waals surface area contributed by atoms with Crippen molar-refractivity contribution in [2.75, 3.05) is 6.54 Å². The predicted molar refractivity (Wildman–Crippen MR) is 104 cm³/mol. The maximum atomic E-state index is 11.4. The van der Waals surface area contributed by atoms with Crippen LogP contribution in [0.1, 0.15) is 25.7 Å². The molecule has 0 radical (unpaired) electrons. The summed E-state index contributed by atoms with van der Waals surface area (Å²) in [6.07, 6.45) is 1.17. The number of carbonyl (C=O) groups is 1. The summed E-state index contributed by atoms with van der Waals surface area (Å²) in [6.45, 7) is 2.55. The van der Waals surface area contributed by atoms with Crippen LogP contribution < -0.4 is 5.32 Å². The molecule has 7 heteroatoms. The lowest BCUT2D eigenvalue weighted by Crippen LogP contribution is -2.44. The molecule has 1 unspecified atom stereocenters. The van der Waals surface area contributed by atoms with Gasteiger partial charge in [0.15, 0.2) is 0 Å². The number of fused-ring (bicyclic) bond motifs is 1. The maximum absolute atomic E-state index is 11.4. The van der Waals surface area contributed by atoms with Gasteiger partial charge in [-0.25, -0.2) is 4.98 Å². The number of para-hydroxylation sites is 2. The number of hydrogen-bond donors (Lipinski definition) is 2. The minimum Gasteiger partial charge on any atom is -0.355 e. The van der Waals surface area contributed by atoms with Gasteiger partial charge in [0.25, 0.3) is 0 Å². The van der Waals surface area contributed by atoms with E-state index in [0.717, 1.165) is 28.0 Å². The van der Waals surface area contributed by atoms with E-state index in [1.54, 1.807) is 0 Å². The fraction of sp³-hybridized carbons (Fsp3) is 0.238. The molecule has 1 atom stereocenters. The molecule has 0 bridgehead atoms. The second-order valence-corrected chi connectivity index (χ2v) is 7.44. The van der Waals surface area contributed by atoms with Gasteiger partial charge in [-0.05, 0) is 25.5 Å². The van der Waals surface area contributed by atoms with Crippen LogP contribution in [0.4, 0.5) is 0 Å². The molecule has 140 valence electrons. The molecule has 1 aliphatic heterocycles. The molecule has 5 rings (SSSR count). The molecule has 2 aromatic heterocycles. The van der Waals surface area contributed by atoms with Crippen molar-refractivity contribution < 1.29 is 9.32 Å². The SMILES string of the molecule is CC1(c2nc(-c3ccc(-c4nc5ccccc5[nH]4)cc3)no2)CCC(=O)NC1. The summed E-state index contributed by atoms with van der Waals surface area (Å²) in [5.41, 5.74) is 3.49. The zero-order valence-electron chi connectivity index (χ0n) is 15.4. The molecule has 1 saturated heterocycles. The Morgan fingerprint density at radius 3 is 2.57 bits per heavy atom. The summed E-state index contributed by atoms with van der Waals surface area (Å²) in [6, 6.07) is 15.9. The van der Waals surface area contributed by atoms with E-state index in [1.807, 2.05) is 55.5 Å². The summed E-state index contributed by atoms with van der Waals surface area (Å²) < 4.78 is 5.52. The number of benzene rings is 2. The van der Waals surface area contributed by atoms with Gasteiger partial charge in [0.1, 0.15) is 5.82 Å². The van der Waals surface area contributed by atoms with Crippen LogP contribution in [0.15, 0.2) is 53.1 Å². The van der Waals surface area contributed by atoms with Gasteiger partial charge in [-0.1, -0.05) is 41.6 Å². The molecular formula is C21H19N5O2. The van der Waals surface area contributed by atoms with Gasteiger partial charge >= 0.3 is 0 Å². The van der Waals surface area contributed by atoms with Crippen LogP contribution in [0.3, 0.4) is 0 Å². The van der Waals surface area contributed by atoms with Gasteiger partial charge in [0, 0.05) is 24.1 Å². The van der Waals surface area contributed by atoms with E-state index >= 15 is 0 Å². The largest absolute Gasteiger partial charge is 0.355 e. The molecule has 0 aliphatic carbocycles. The van der Waals surface area contributed by atoms with Crippen LogP contribution in [0.25, 0.3) is 33.8 Å². The standard InChI is InChI=1S/C21H19N5O2/c1-21(11-10-17(27)22-12-21)20-25-19(26-28-20)14-8-6-13(7-9-14)18-23-15-4-2-3-5-16(15)24-18/h2-9H,10-12H2,1H3,(H,22,27)(H,23,24). The van der Waals surface area contributed by atoms with Gasteiger partial charge in [0.2, 0.25) is 17.6 Å². The molecule has 4 aromatic rings. The van der Waals surface area contributed by atoms with Crippen LogP contribution in [0.5, 0.6) is 0 Å². The Hall–Kier alpha value is -3.48. The number of nitrogens with one attached hydrogen (secondary N) is 2. The fourth-order valence-electron chi connectivity index (χ4n) is 3.49. The Balaban J connectivity index is 1.40. The van der Waals surface area contributed by atoms with E-state index in [9.17, 15) is 4.79 Å². The quantitative estimate of drug-likeness (QED) is 0.573. The molecule has 28 heavy (non-hydrogen) atoms. The molecule has 0 spiro atoms. The van der Waals surface area contributed by atoms with Crippen molar-refractivity contribution in [2.24, 2.45) is 0 Å². The van der Waals surface area contributed by atoms with E-state index in [-0.39, 0.29) is 11.3 Å². The monoisotopic (exact) mass is 373 g/mol. The number of aromatic amines is 1. The van der Waals surface area contributed by atoms with Crippen LogP contribution in [-0.2, 0) is 10.2 Å². The normalized spacial score (nSPS) is 19.7. The van der Waals surface area contributed by atoms with Crippen molar-refractivity contribution >= 4 is 16.9 Å². The third-order valence-electron chi connectivity index (χ3n) is 5.33. The minimum atomic E-state index is -0.326. The molecule has 0 saturated carbocycles. The predicted octanol–water partition coefficient (Wildman–Crippen LogP) is 3.45. The number of amides is 1. The van der Waals surface area contributed by atoms with E-state index in [0.29, 0.717) is 31.1 Å². The first kappa shape index (κ1) is 16.7. The Morgan fingerprint density at radius 1 is 1.04 bits per heavy atom. The van der Waals surface area contributed by atoms with Gasteiger partial charge in [-0.3, -0.25) is 4.79 Å². The first-order valence-electron chi connectivity index (χ1n) is 9.27. The van der Waals surface area contributed by atoms with Crippen molar-refractivity contribution in [1.29, 1.82) is 0 Å². The molecule has 1 fully saturated rings. The van der Waals surface area contributed by atoms with E-state index in [1.165, 1.54) is 0 Å². The zero-order chi connectivity index (χ0) is 19.1. The van der Waals surface area contributed by atoms with E-state index < -0.39 is 0 Å². The number of aromatic nitrogens is 4. The van der Waals surface area contributed by atoms with Crippen LogP contribution in [0, 0.1) is 0 Å². The number of rotatable bonds is 3. The van der Waals surface area contributed by atoms with Crippen molar-refractivity contribution in [3.63, 3.8) is 0 Å². The van der Waals surface area contributed by atoms with Gasteiger partial charge in [0.05, 0.1) is 16.4 Å². The fourth-order valence-corrected chi connectivity index (χ4v) is 3.49. The highest BCUT2D eigenvalue weighted by atomic mass is 16.5. The Labute approximate surface area is 161 Å². The number of imidazole rings is 1. The molecule has 1 amide bonds. The van der Waals surface area contributed by atoms with E-state index in [2.05, 4.69) is 25.4 Å². The number of H-pyrrole nitrogens is 1. The summed E-state index contributed by atoms with van der Waals surface area (Å²) in [5.74, 6) is 2.00. The summed E-state index contributed by atoms with van der Waals surface area (Å²) >= 11 is 0. The lowest BCUT2D eigenvalue weighted by Gasteiger charge is -2.29. The second kappa shape index (κ2) is 6.30. The van der Waals surface area contributed by atoms with Gasteiger partial charge in [-0.15, -0.1) is 0 Å². The minimum absolute atomic E-state index is 0.0680. The Kier molecular flexibility index (Phi) is 3.75. The lowest BCUT2D eigenvalue weighted by atomic mass is 9.82. The number of hydrogen-bond acceptors (Lipinski definition) is 5. The highest BCUT2D eigenvalue weighted by molar-refractivity contribution is 5.79. The molecular weight excluding hydrogens is 354 g/mol. The number of nitrogens with zero attached hydrogens (tertiary/aromatic N) is 3. The molecule has 2 N–H and O–H groups in total. The van der Waals surface area contributed by atoms with Crippen molar-refractivity contribution in [2.45, 2.75) is 25.2 Å².